The molecule has 0 unspecified atom stereocenters. The van der Waals surface area contributed by atoms with Crippen molar-refractivity contribution in [1.29, 1.82) is 5.26 Å². The maximum absolute atomic E-state index is 13.6. The Hall–Kier alpha value is -3.17. The molecule has 26 heavy (non-hydrogen) atoms. The minimum atomic E-state index is -0.644. The van der Waals surface area contributed by atoms with Crippen LogP contribution in [0.1, 0.15) is 5.56 Å². The van der Waals surface area contributed by atoms with Crippen molar-refractivity contribution < 1.29 is 13.9 Å². The van der Waals surface area contributed by atoms with Gasteiger partial charge in [0.05, 0.1) is 18.9 Å². The van der Waals surface area contributed by atoms with Crippen molar-refractivity contribution in [3.63, 3.8) is 0 Å². The smallest absolute Gasteiger partial charge is 0.266 e. The average Bonchev–Trinajstić information content (AvgIpc) is 2.69. The second-order valence-electron chi connectivity index (χ2n) is 5.79. The summed E-state index contributed by atoms with van der Waals surface area (Å²) < 4.78 is 19.0. The van der Waals surface area contributed by atoms with Gasteiger partial charge in [0.2, 0.25) is 0 Å². The van der Waals surface area contributed by atoms with Crippen LogP contribution < -0.4 is 10.2 Å². The van der Waals surface area contributed by atoms with Crippen LogP contribution in [0.5, 0.6) is 0 Å². The lowest BCUT2D eigenvalue weighted by molar-refractivity contribution is -0.112. The van der Waals surface area contributed by atoms with Crippen LogP contribution in [-0.4, -0.2) is 32.2 Å². The molecule has 132 valence electrons. The molecule has 6 heteroatoms. The second-order valence-corrected chi connectivity index (χ2v) is 5.79. The third-order valence-corrected chi connectivity index (χ3v) is 4.07. The fourth-order valence-corrected chi connectivity index (χ4v) is 2.67. The number of hydrogen-bond acceptors (Lipinski definition) is 4. The van der Waals surface area contributed by atoms with Crippen LogP contribution in [0, 0.1) is 17.1 Å². The van der Waals surface area contributed by atoms with Gasteiger partial charge in [-0.05, 0) is 35.9 Å². The van der Waals surface area contributed by atoms with E-state index in [0.29, 0.717) is 13.2 Å². The van der Waals surface area contributed by atoms with Gasteiger partial charge in [-0.1, -0.05) is 24.3 Å². The van der Waals surface area contributed by atoms with Crippen LogP contribution in [0.4, 0.5) is 15.8 Å². The second kappa shape index (κ2) is 8.28. The number of halogens is 1. The predicted molar refractivity (Wildman–Crippen MR) is 98.1 cm³/mol. The maximum Gasteiger partial charge on any atom is 0.266 e. The molecule has 2 aromatic carbocycles. The van der Waals surface area contributed by atoms with Gasteiger partial charge in [-0.25, -0.2) is 4.39 Å². The molecular formula is C20H18FN3O2. The normalized spacial score (nSPS) is 14.6. The summed E-state index contributed by atoms with van der Waals surface area (Å²) in [5.74, 6) is -1.19. The van der Waals surface area contributed by atoms with Crippen LogP contribution in [-0.2, 0) is 9.53 Å². The monoisotopic (exact) mass is 351 g/mol. The van der Waals surface area contributed by atoms with E-state index in [1.807, 2.05) is 30.3 Å². The molecule has 0 atom stereocenters. The van der Waals surface area contributed by atoms with Gasteiger partial charge in [0, 0.05) is 18.8 Å². The number of morpholine rings is 1. The summed E-state index contributed by atoms with van der Waals surface area (Å²) in [4.78, 5) is 14.4. The molecule has 0 aromatic heterocycles. The molecule has 1 aliphatic heterocycles. The Kier molecular flexibility index (Phi) is 5.62. The van der Waals surface area contributed by atoms with Crippen molar-refractivity contribution in [3.8, 4) is 6.07 Å². The Morgan fingerprint density at radius 1 is 1.15 bits per heavy atom. The lowest BCUT2D eigenvalue weighted by Gasteiger charge is -2.28. The van der Waals surface area contributed by atoms with E-state index in [1.54, 1.807) is 6.07 Å². The van der Waals surface area contributed by atoms with Crippen LogP contribution >= 0.6 is 0 Å². The summed E-state index contributed by atoms with van der Waals surface area (Å²) in [6.45, 7) is 3.08. The molecule has 0 saturated carbocycles. The van der Waals surface area contributed by atoms with Gasteiger partial charge < -0.3 is 15.0 Å². The topological polar surface area (TPSA) is 65.4 Å². The molecule has 1 aliphatic rings. The molecule has 1 amide bonds. The van der Waals surface area contributed by atoms with E-state index >= 15 is 0 Å². The summed E-state index contributed by atoms with van der Waals surface area (Å²) in [7, 11) is 0. The first-order chi connectivity index (χ1) is 12.7. The quantitative estimate of drug-likeness (QED) is 0.679. The van der Waals surface area contributed by atoms with E-state index in [0.717, 1.165) is 24.3 Å². The number of para-hydroxylation sites is 1. The van der Waals surface area contributed by atoms with Gasteiger partial charge >= 0.3 is 0 Å². The molecule has 2 aromatic rings. The highest BCUT2D eigenvalue weighted by atomic mass is 19.1. The number of nitrogens with one attached hydrogen (secondary N) is 1. The number of nitrogens with zero attached hydrogens (tertiary/aromatic N) is 2. The van der Waals surface area contributed by atoms with Gasteiger partial charge in [0.1, 0.15) is 17.5 Å². The summed E-state index contributed by atoms with van der Waals surface area (Å²) in [6, 6.07) is 15.3. The Balaban J connectivity index is 1.73. The van der Waals surface area contributed by atoms with Gasteiger partial charge in [-0.3, -0.25) is 4.79 Å². The Morgan fingerprint density at radius 3 is 2.50 bits per heavy atom. The van der Waals surface area contributed by atoms with E-state index in [4.69, 9.17) is 4.74 Å². The van der Waals surface area contributed by atoms with Gasteiger partial charge in [-0.2, -0.15) is 5.26 Å². The summed E-state index contributed by atoms with van der Waals surface area (Å²) in [5.41, 5.74) is 1.75. The minimum Gasteiger partial charge on any atom is -0.378 e. The van der Waals surface area contributed by atoms with Gasteiger partial charge in [0.15, 0.2) is 0 Å². The highest BCUT2D eigenvalue weighted by molar-refractivity contribution is 6.09. The number of nitriles is 1. The van der Waals surface area contributed by atoms with Crippen LogP contribution in [0.25, 0.3) is 6.08 Å². The third-order valence-electron chi connectivity index (χ3n) is 4.07. The van der Waals surface area contributed by atoms with Crippen LogP contribution in [0.2, 0.25) is 0 Å². The molecule has 1 heterocycles. The van der Waals surface area contributed by atoms with Crippen molar-refractivity contribution in [2.24, 2.45) is 0 Å². The van der Waals surface area contributed by atoms with Crippen molar-refractivity contribution in [1.82, 2.24) is 0 Å². The van der Waals surface area contributed by atoms with Crippen molar-refractivity contribution >= 4 is 23.4 Å². The van der Waals surface area contributed by atoms with Crippen LogP contribution in [0.3, 0.4) is 0 Å². The molecule has 1 saturated heterocycles. The average molecular weight is 351 g/mol. The number of carbonyl (C=O) groups excluding carboxylic acids is 1. The number of ether oxygens (including phenoxy) is 1. The maximum atomic E-state index is 13.6. The Labute approximate surface area is 151 Å². The van der Waals surface area contributed by atoms with Crippen molar-refractivity contribution in [2.45, 2.75) is 0 Å². The number of amides is 1. The standard InChI is InChI=1S/C20H18FN3O2/c21-18-3-1-2-4-19(18)23-20(25)16(14-22)13-15-5-7-17(8-6-15)24-9-11-26-12-10-24/h1-8,13H,9-12H2,(H,23,25)/b16-13+. The Bertz CT molecular complexity index is 850. The Morgan fingerprint density at radius 2 is 1.85 bits per heavy atom. The van der Waals surface area contributed by atoms with Crippen LogP contribution in [0.15, 0.2) is 54.1 Å². The van der Waals surface area contributed by atoms with E-state index in [9.17, 15) is 14.4 Å². The fraction of sp³-hybridized carbons (Fsp3) is 0.200. The lowest BCUT2D eigenvalue weighted by atomic mass is 10.1. The predicted octanol–water partition coefficient (Wildman–Crippen LogP) is 3.21. The van der Waals surface area contributed by atoms with E-state index in [2.05, 4.69) is 10.2 Å². The zero-order chi connectivity index (χ0) is 18.4. The van der Waals surface area contributed by atoms with E-state index < -0.39 is 11.7 Å². The number of carbonyl (C=O) groups is 1. The first kappa shape index (κ1) is 17.6. The summed E-state index contributed by atoms with van der Waals surface area (Å²) in [5, 5.41) is 11.7. The molecule has 0 bridgehead atoms. The molecular weight excluding hydrogens is 333 g/mol. The highest BCUT2D eigenvalue weighted by Crippen LogP contribution is 2.19. The number of benzene rings is 2. The lowest BCUT2D eigenvalue weighted by Crippen LogP contribution is -2.36. The summed E-state index contributed by atoms with van der Waals surface area (Å²) in [6.07, 6.45) is 1.49. The largest absolute Gasteiger partial charge is 0.378 e. The molecule has 0 spiro atoms. The summed E-state index contributed by atoms with van der Waals surface area (Å²) >= 11 is 0. The number of rotatable bonds is 4. The zero-order valence-electron chi connectivity index (χ0n) is 14.1. The molecule has 1 fully saturated rings. The van der Waals surface area contributed by atoms with Gasteiger partial charge in [-0.15, -0.1) is 0 Å². The van der Waals surface area contributed by atoms with E-state index in [1.165, 1.54) is 24.3 Å². The minimum absolute atomic E-state index is 0.0429. The first-order valence-corrected chi connectivity index (χ1v) is 8.28. The molecule has 3 rings (SSSR count). The third kappa shape index (κ3) is 4.26. The number of hydrogen-bond donors (Lipinski definition) is 1. The highest BCUT2D eigenvalue weighted by Gasteiger charge is 2.13. The van der Waals surface area contributed by atoms with Crippen molar-refractivity contribution in [3.05, 3.63) is 65.5 Å². The SMILES string of the molecule is N#C/C(=C\c1ccc(N2CCOCC2)cc1)C(=O)Nc1ccccc1F. The zero-order valence-corrected chi connectivity index (χ0v) is 14.1. The molecule has 1 N–H and O–H groups in total. The first-order valence-electron chi connectivity index (χ1n) is 8.28. The van der Waals surface area contributed by atoms with Crippen molar-refractivity contribution in [2.75, 3.05) is 36.5 Å². The number of anilines is 2. The van der Waals surface area contributed by atoms with E-state index in [-0.39, 0.29) is 11.3 Å². The molecule has 0 aliphatic carbocycles. The molecule has 5 nitrogen and oxygen atoms in total. The fourth-order valence-electron chi connectivity index (χ4n) is 2.67. The van der Waals surface area contributed by atoms with Gasteiger partial charge in [0.25, 0.3) is 5.91 Å². The molecule has 0 radical (unpaired) electrons.